The van der Waals surface area contributed by atoms with Crippen molar-refractivity contribution in [1.29, 1.82) is 0 Å². The molecule has 1 N–H and O–H groups in total. The van der Waals surface area contributed by atoms with Crippen LogP contribution in [-0.2, 0) is 26.6 Å². The number of anilines is 2. The number of piperidine rings is 1. The van der Waals surface area contributed by atoms with Crippen molar-refractivity contribution in [3.8, 4) is 0 Å². The van der Waals surface area contributed by atoms with Crippen molar-refractivity contribution in [2.75, 3.05) is 29.0 Å². The molecule has 0 aromatic heterocycles. The third-order valence-corrected chi connectivity index (χ3v) is 9.51. The van der Waals surface area contributed by atoms with E-state index in [1.807, 2.05) is 31.2 Å². The van der Waals surface area contributed by atoms with Crippen molar-refractivity contribution < 1.29 is 21.6 Å². The van der Waals surface area contributed by atoms with Gasteiger partial charge in [0.15, 0.2) is 0 Å². The van der Waals surface area contributed by atoms with Gasteiger partial charge in [-0.05, 0) is 79.4 Å². The molecule has 3 aromatic rings. The first-order valence-corrected chi connectivity index (χ1v) is 15.4. The summed E-state index contributed by atoms with van der Waals surface area (Å²) < 4.78 is 53.5. The smallest absolute Gasteiger partial charge is 0.255 e. The van der Waals surface area contributed by atoms with Crippen molar-refractivity contribution in [1.82, 2.24) is 4.31 Å². The predicted octanol–water partition coefficient (Wildman–Crippen LogP) is 4.39. The summed E-state index contributed by atoms with van der Waals surface area (Å²) in [5.74, 6) is -0.386. The van der Waals surface area contributed by atoms with E-state index in [4.69, 9.17) is 0 Å². The lowest BCUT2D eigenvalue weighted by molar-refractivity contribution is 0.102. The van der Waals surface area contributed by atoms with E-state index in [9.17, 15) is 21.6 Å². The van der Waals surface area contributed by atoms with Crippen LogP contribution in [0, 0.1) is 6.92 Å². The number of benzene rings is 3. The molecule has 1 fully saturated rings. The van der Waals surface area contributed by atoms with Gasteiger partial charge in [0.05, 0.1) is 23.4 Å². The fraction of sp³-hybridized carbons (Fsp3) is 0.296. The number of aryl methyl sites for hydroxylation is 1. The molecule has 4 rings (SSSR count). The highest BCUT2D eigenvalue weighted by atomic mass is 32.2. The zero-order valence-corrected chi connectivity index (χ0v) is 22.6. The van der Waals surface area contributed by atoms with Crippen LogP contribution in [0.4, 0.5) is 11.4 Å². The largest absolute Gasteiger partial charge is 0.322 e. The Bertz CT molecular complexity index is 1460. The average Bonchev–Trinajstić information content (AvgIpc) is 2.88. The number of sulfonamides is 2. The second kappa shape index (κ2) is 11.0. The molecule has 0 unspecified atom stereocenters. The molecule has 196 valence electrons. The third-order valence-electron chi connectivity index (χ3n) is 6.46. The van der Waals surface area contributed by atoms with Gasteiger partial charge >= 0.3 is 0 Å². The molecule has 0 aliphatic carbocycles. The van der Waals surface area contributed by atoms with E-state index in [0.29, 0.717) is 30.0 Å². The summed E-state index contributed by atoms with van der Waals surface area (Å²) in [5, 5.41) is 2.76. The van der Waals surface area contributed by atoms with Gasteiger partial charge in [0, 0.05) is 24.3 Å². The Hall–Kier alpha value is -3.21. The minimum absolute atomic E-state index is 0.184. The summed E-state index contributed by atoms with van der Waals surface area (Å²) in [5.41, 5.74) is 3.14. The van der Waals surface area contributed by atoms with Crippen LogP contribution in [0.15, 0.2) is 77.7 Å². The quantitative estimate of drug-likeness (QED) is 0.456. The van der Waals surface area contributed by atoms with Gasteiger partial charge in [-0.1, -0.05) is 30.7 Å². The van der Waals surface area contributed by atoms with Crippen LogP contribution in [0.5, 0.6) is 0 Å². The van der Waals surface area contributed by atoms with Crippen LogP contribution >= 0.6 is 0 Å². The number of nitrogens with one attached hydrogen (secondary N) is 1. The number of hydrogen-bond acceptors (Lipinski definition) is 5. The molecule has 10 heteroatoms. The lowest BCUT2D eigenvalue weighted by Gasteiger charge is -2.25. The molecule has 1 aliphatic rings. The average molecular weight is 542 g/mol. The van der Waals surface area contributed by atoms with Crippen LogP contribution < -0.4 is 9.62 Å². The van der Waals surface area contributed by atoms with Gasteiger partial charge in [-0.15, -0.1) is 0 Å². The Balaban J connectivity index is 1.46. The molecule has 0 spiro atoms. The van der Waals surface area contributed by atoms with Crippen LogP contribution in [0.2, 0.25) is 0 Å². The zero-order chi connectivity index (χ0) is 26.6. The van der Waals surface area contributed by atoms with Crippen LogP contribution in [-0.4, -0.2) is 46.4 Å². The first kappa shape index (κ1) is 26.8. The number of carbonyl (C=O) groups is 1. The topological polar surface area (TPSA) is 104 Å². The van der Waals surface area contributed by atoms with E-state index in [-0.39, 0.29) is 17.3 Å². The van der Waals surface area contributed by atoms with Crippen LogP contribution in [0.3, 0.4) is 0 Å². The third kappa shape index (κ3) is 6.38. The van der Waals surface area contributed by atoms with Gasteiger partial charge in [-0.2, -0.15) is 4.31 Å². The molecule has 1 aliphatic heterocycles. The van der Waals surface area contributed by atoms with Crippen molar-refractivity contribution in [2.45, 2.75) is 37.6 Å². The second-order valence-electron chi connectivity index (χ2n) is 9.19. The summed E-state index contributed by atoms with van der Waals surface area (Å²) in [6.45, 7) is 3.17. The standard InChI is InChI=1S/C27H31N3O5S2/c1-21-8-4-5-9-23(21)20-30(36(2,32)33)25-14-10-22(11-15-25)27(31)28-24-12-16-26(17-13-24)37(34,35)29-18-6-3-7-19-29/h4-5,8-17H,3,6-7,18-20H2,1-2H3,(H,28,31). The summed E-state index contributed by atoms with van der Waals surface area (Å²) in [6, 6.07) is 20.0. The first-order valence-electron chi connectivity index (χ1n) is 12.1. The molecular weight excluding hydrogens is 510 g/mol. The Labute approximate surface area is 219 Å². The molecule has 1 amide bonds. The van der Waals surface area contributed by atoms with Crippen LogP contribution in [0.1, 0.15) is 40.7 Å². The number of hydrogen-bond donors (Lipinski definition) is 1. The Morgan fingerprint density at radius 3 is 2.08 bits per heavy atom. The van der Waals surface area contributed by atoms with Crippen LogP contribution in [0.25, 0.3) is 0 Å². The molecule has 1 heterocycles. The van der Waals surface area contributed by atoms with Crippen molar-refractivity contribution in [3.63, 3.8) is 0 Å². The highest BCUT2D eigenvalue weighted by molar-refractivity contribution is 7.92. The molecular formula is C27H31N3O5S2. The van der Waals surface area contributed by atoms with Gasteiger partial charge in [0.2, 0.25) is 20.0 Å². The van der Waals surface area contributed by atoms with Crippen molar-refractivity contribution in [3.05, 3.63) is 89.5 Å². The highest BCUT2D eigenvalue weighted by Gasteiger charge is 2.26. The van der Waals surface area contributed by atoms with Gasteiger partial charge in [-0.25, -0.2) is 16.8 Å². The zero-order valence-electron chi connectivity index (χ0n) is 20.9. The molecule has 0 saturated carbocycles. The van der Waals surface area contributed by atoms with Gasteiger partial charge in [-0.3, -0.25) is 9.10 Å². The highest BCUT2D eigenvalue weighted by Crippen LogP contribution is 2.24. The van der Waals surface area contributed by atoms with E-state index >= 15 is 0 Å². The first-order chi connectivity index (χ1) is 17.6. The maximum atomic E-state index is 12.8. The second-order valence-corrected chi connectivity index (χ2v) is 13.0. The van der Waals surface area contributed by atoms with Crippen molar-refractivity contribution in [2.24, 2.45) is 0 Å². The van der Waals surface area contributed by atoms with Gasteiger partial charge in [0.25, 0.3) is 5.91 Å². The summed E-state index contributed by atoms with van der Waals surface area (Å²) in [6.07, 6.45) is 3.91. The fourth-order valence-corrected chi connectivity index (χ4v) is 6.68. The Kier molecular flexibility index (Phi) is 8.01. The van der Waals surface area contributed by atoms with E-state index < -0.39 is 20.0 Å². The number of rotatable bonds is 8. The van der Waals surface area contributed by atoms with Crippen molar-refractivity contribution >= 4 is 37.3 Å². The monoisotopic (exact) mass is 541 g/mol. The maximum absolute atomic E-state index is 12.8. The predicted molar refractivity (Wildman–Crippen MR) is 146 cm³/mol. The van der Waals surface area contributed by atoms with Gasteiger partial charge < -0.3 is 5.32 Å². The number of carbonyl (C=O) groups excluding carboxylic acids is 1. The lowest BCUT2D eigenvalue weighted by Crippen LogP contribution is -2.35. The number of nitrogens with zero attached hydrogens (tertiary/aromatic N) is 2. The summed E-state index contributed by atoms with van der Waals surface area (Å²) >= 11 is 0. The van der Waals surface area contributed by atoms with E-state index in [2.05, 4.69) is 5.32 Å². The lowest BCUT2D eigenvalue weighted by atomic mass is 10.1. The van der Waals surface area contributed by atoms with Gasteiger partial charge in [0.1, 0.15) is 0 Å². The molecule has 3 aromatic carbocycles. The molecule has 0 bridgehead atoms. The summed E-state index contributed by atoms with van der Waals surface area (Å²) in [4.78, 5) is 13.0. The maximum Gasteiger partial charge on any atom is 0.255 e. The molecule has 0 atom stereocenters. The number of amides is 1. The Morgan fingerprint density at radius 2 is 1.49 bits per heavy atom. The minimum atomic E-state index is -3.56. The normalized spacial score (nSPS) is 14.8. The molecule has 1 saturated heterocycles. The fourth-order valence-electron chi connectivity index (χ4n) is 4.29. The van der Waals surface area contributed by atoms with E-state index in [1.54, 1.807) is 36.4 Å². The van der Waals surface area contributed by atoms with E-state index in [1.165, 1.54) is 20.7 Å². The Morgan fingerprint density at radius 1 is 0.865 bits per heavy atom. The molecule has 0 radical (unpaired) electrons. The molecule has 8 nitrogen and oxygen atoms in total. The molecule has 37 heavy (non-hydrogen) atoms. The van der Waals surface area contributed by atoms with E-state index in [0.717, 1.165) is 36.6 Å². The summed E-state index contributed by atoms with van der Waals surface area (Å²) in [7, 11) is -7.10. The minimum Gasteiger partial charge on any atom is -0.322 e. The SMILES string of the molecule is Cc1ccccc1CN(c1ccc(C(=O)Nc2ccc(S(=O)(=O)N3CCCCC3)cc2)cc1)S(C)(=O)=O.